The summed E-state index contributed by atoms with van der Waals surface area (Å²) in [6, 6.07) is 13.8. The summed E-state index contributed by atoms with van der Waals surface area (Å²) < 4.78 is 0.702. The van der Waals surface area contributed by atoms with E-state index in [2.05, 4.69) is 20.9 Å². The van der Waals surface area contributed by atoms with E-state index in [1.165, 1.54) is 30.0 Å². The van der Waals surface area contributed by atoms with Crippen molar-refractivity contribution < 1.29 is 14.4 Å². The molecule has 1 heterocycles. The highest BCUT2D eigenvalue weighted by Crippen LogP contribution is 2.24. The second-order valence-corrected chi connectivity index (χ2v) is 8.96. The molecule has 0 aliphatic carbocycles. The number of hydrogen-bond donors (Lipinski definition) is 3. The van der Waals surface area contributed by atoms with Gasteiger partial charge in [-0.25, -0.2) is 4.98 Å². The number of thiazole rings is 1. The fourth-order valence-corrected chi connectivity index (χ4v) is 4.41. The molecule has 0 aliphatic heterocycles. The van der Waals surface area contributed by atoms with Crippen molar-refractivity contribution >= 4 is 69.5 Å². The Bertz CT molecular complexity index is 1100. The van der Waals surface area contributed by atoms with E-state index in [1.54, 1.807) is 53.9 Å². The van der Waals surface area contributed by atoms with Crippen LogP contribution in [0.5, 0.6) is 0 Å². The lowest BCUT2D eigenvalue weighted by atomic mass is 10.2. The Balaban J connectivity index is 1.47. The molecule has 0 bridgehead atoms. The fourth-order valence-electron chi connectivity index (χ4n) is 2.57. The maximum atomic E-state index is 12.2. The number of benzene rings is 2. The third-order valence-electron chi connectivity index (χ3n) is 3.77. The molecule has 0 aliphatic rings. The SMILES string of the molecule is CC(=O)Nc1cccc(NC(=O)CSc2nc(CC(=O)Nc3cccc(Cl)c3)cs2)c1. The first-order valence-electron chi connectivity index (χ1n) is 9.17. The summed E-state index contributed by atoms with van der Waals surface area (Å²) in [4.78, 5) is 39.9. The third-order valence-corrected chi connectivity index (χ3v) is 6.08. The first kappa shape index (κ1) is 22.8. The van der Waals surface area contributed by atoms with E-state index in [1.807, 2.05) is 0 Å². The largest absolute Gasteiger partial charge is 0.326 e. The minimum Gasteiger partial charge on any atom is -0.326 e. The number of anilines is 3. The van der Waals surface area contributed by atoms with Gasteiger partial charge in [-0.3, -0.25) is 14.4 Å². The fraction of sp³-hybridized carbons (Fsp3) is 0.143. The highest BCUT2D eigenvalue weighted by molar-refractivity contribution is 8.01. The number of rotatable bonds is 8. The predicted molar refractivity (Wildman–Crippen MR) is 126 cm³/mol. The van der Waals surface area contributed by atoms with Gasteiger partial charge in [0, 0.05) is 34.4 Å². The van der Waals surface area contributed by atoms with Crippen LogP contribution in [0.1, 0.15) is 12.6 Å². The summed E-state index contributed by atoms with van der Waals surface area (Å²) in [6.45, 7) is 1.42. The molecule has 0 unspecified atom stereocenters. The number of carbonyl (C=O) groups excluding carboxylic acids is 3. The number of nitrogens with one attached hydrogen (secondary N) is 3. The number of hydrogen-bond acceptors (Lipinski definition) is 6. The van der Waals surface area contributed by atoms with Gasteiger partial charge in [-0.05, 0) is 36.4 Å². The van der Waals surface area contributed by atoms with Crippen molar-refractivity contribution in [2.45, 2.75) is 17.7 Å². The molecule has 0 saturated heterocycles. The highest BCUT2D eigenvalue weighted by Gasteiger charge is 2.11. The third kappa shape index (κ3) is 7.71. The molecule has 2 aromatic carbocycles. The summed E-state index contributed by atoms with van der Waals surface area (Å²) in [7, 11) is 0. The van der Waals surface area contributed by atoms with Gasteiger partial charge >= 0.3 is 0 Å². The minimum absolute atomic E-state index is 0.131. The normalized spacial score (nSPS) is 10.4. The van der Waals surface area contributed by atoms with Crippen LogP contribution in [-0.4, -0.2) is 28.5 Å². The molecule has 10 heteroatoms. The molecule has 3 rings (SSSR count). The van der Waals surface area contributed by atoms with Crippen molar-refractivity contribution in [3.8, 4) is 0 Å². The molecule has 160 valence electrons. The molecule has 0 atom stereocenters. The van der Waals surface area contributed by atoms with E-state index < -0.39 is 0 Å². The van der Waals surface area contributed by atoms with Crippen LogP contribution in [0, 0.1) is 0 Å². The van der Waals surface area contributed by atoms with Gasteiger partial charge in [0.15, 0.2) is 4.34 Å². The predicted octanol–water partition coefficient (Wildman–Crippen LogP) is 4.67. The van der Waals surface area contributed by atoms with E-state index in [0.717, 1.165) is 0 Å². The molecule has 0 saturated carbocycles. The van der Waals surface area contributed by atoms with Crippen LogP contribution in [0.3, 0.4) is 0 Å². The Morgan fingerprint density at radius 1 is 0.968 bits per heavy atom. The molecule has 1 aromatic heterocycles. The van der Waals surface area contributed by atoms with Gasteiger partial charge in [0.1, 0.15) is 0 Å². The van der Waals surface area contributed by atoms with E-state index in [0.29, 0.717) is 32.1 Å². The Kier molecular flexibility index (Phi) is 8.05. The summed E-state index contributed by atoms with van der Waals surface area (Å²) in [6.07, 6.45) is 0.131. The van der Waals surface area contributed by atoms with Gasteiger partial charge in [0.25, 0.3) is 0 Å². The molecule has 3 N–H and O–H groups in total. The number of amides is 3. The average molecular weight is 475 g/mol. The van der Waals surface area contributed by atoms with Crippen molar-refractivity contribution in [3.05, 3.63) is 64.6 Å². The molecular formula is C21H19ClN4O3S2. The number of nitrogens with zero attached hydrogens (tertiary/aromatic N) is 1. The number of thioether (sulfide) groups is 1. The van der Waals surface area contributed by atoms with Crippen molar-refractivity contribution in [2.24, 2.45) is 0 Å². The molecule has 0 fully saturated rings. The number of carbonyl (C=O) groups is 3. The van der Waals surface area contributed by atoms with Crippen LogP contribution in [0.25, 0.3) is 0 Å². The molecule has 3 aromatic rings. The van der Waals surface area contributed by atoms with Gasteiger partial charge in [-0.2, -0.15) is 0 Å². The zero-order chi connectivity index (χ0) is 22.2. The lowest BCUT2D eigenvalue weighted by Crippen LogP contribution is -2.15. The Hall–Kier alpha value is -2.88. The lowest BCUT2D eigenvalue weighted by molar-refractivity contribution is -0.116. The van der Waals surface area contributed by atoms with Crippen LogP contribution >= 0.6 is 34.7 Å². The van der Waals surface area contributed by atoms with Crippen molar-refractivity contribution in [1.82, 2.24) is 4.98 Å². The monoisotopic (exact) mass is 474 g/mol. The standard InChI is InChI=1S/C21H19ClN4O3S2/c1-13(27)23-16-6-3-7-17(9-16)25-20(29)12-31-21-26-18(11-30-21)10-19(28)24-15-5-2-4-14(22)8-15/h2-9,11H,10,12H2,1H3,(H,23,27)(H,24,28)(H,25,29). The zero-order valence-electron chi connectivity index (χ0n) is 16.5. The van der Waals surface area contributed by atoms with Gasteiger partial charge in [0.2, 0.25) is 17.7 Å². The Morgan fingerprint density at radius 2 is 1.61 bits per heavy atom. The molecule has 3 amide bonds. The van der Waals surface area contributed by atoms with E-state index in [4.69, 9.17) is 11.6 Å². The van der Waals surface area contributed by atoms with Crippen molar-refractivity contribution in [1.29, 1.82) is 0 Å². The maximum absolute atomic E-state index is 12.2. The lowest BCUT2D eigenvalue weighted by Gasteiger charge is -2.07. The van der Waals surface area contributed by atoms with Crippen LogP contribution in [0.15, 0.2) is 58.3 Å². The van der Waals surface area contributed by atoms with E-state index >= 15 is 0 Å². The summed E-state index contributed by atoms with van der Waals surface area (Å²) in [5, 5.41) is 10.6. The average Bonchev–Trinajstić information content (AvgIpc) is 3.13. The van der Waals surface area contributed by atoms with Crippen LogP contribution in [-0.2, 0) is 20.8 Å². The maximum Gasteiger partial charge on any atom is 0.234 e. The summed E-state index contributed by atoms with van der Waals surface area (Å²) in [5.41, 5.74) is 2.46. The van der Waals surface area contributed by atoms with Gasteiger partial charge in [0.05, 0.1) is 17.9 Å². The summed E-state index contributed by atoms with van der Waals surface area (Å²) >= 11 is 8.59. The molecule has 0 radical (unpaired) electrons. The summed E-state index contributed by atoms with van der Waals surface area (Å²) in [5.74, 6) is -0.396. The molecule has 0 spiro atoms. The van der Waals surface area contributed by atoms with Crippen molar-refractivity contribution in [2.75, 3.05) is 21.7 Å². The van der Waals surface area contributed by atoms with Crippen LogP contribution < -0.4 is 16.0 Å². The van der Waals surface area contributed by atoms with E-state index in [9.17, 15) is 14.4 Å². The minimum atomic E-state index is -0.194. The van der Waals surface area contributed by atoms with Gasteiger partial charge in [-0.1, -0.05) is 35.5 Å². The Labute approximate surface area is 192 Å². The number of halogens is 1. The zero-order valence-corrected chi connectivity index (χ0v) is 18.9. The molecule has 7 nitrogen and oxygen atoms in total. The van der Waals surface area contributed by atoms with Gasteiger partial charge in [-0.15, -0.1) is 11.3 Å². The second-order valence-electron chi connectivity index (χ2n) is 6.44. The molecular weight excluding hydrogens is 456 g/mol. The second kappa shape index (κ2) is 10.9. The van der Waals surface area contributed by atoms with E-state index in [-0.39, 0.29) is 29.9 Å². The van der Waals surface area contributed by atoms with Crippen LogP contribution in [0.2, 0.25) is 5.02 Å². The highest BCUT2D eigenvalue weighted by atomic mass is 35.5. The quantitative estimate of drug-likeness (QED) is 0.412. The number of aromatic nitrogens is 1. The smallest absolute Gasteiger partial charge is 0.234 e. The first-order valence-corrected chi connectivity index (χ1v) is 11.4. The molecule has 31 heavy (non-hydrogen) atoms. The van der Waals surface area contributed by atoms with Crippen molar-refractivity contribution in [3.63, 3.8) is 0 Å². The topological polar surface area (TPSA) is 100 Å². The van der Waals surface area contributed by atoms with Gasteiger partial charge < -0.3 is 16.0 Å². The Morgan fingerprint density at radius 3 is 2.32 bits per heavy atom. The van der Waals surface area contributed by atoms with Crippen LogP contribution in [0.4, 0.5) is 17.1 Å². The first-order chi connectivity index (χ1) is 14.9.